The third-order valence-corrected chi connectivity index (χ3v) is 2.30. The monoisotopic (exact) mass is 245 g/mol. The zero-order valence-electron chi connectivity index (χ0n) is 8.28. The van der Waals surface area contributed by atoms with Crippen molar-refractivity contribution in [3.05, 3.63) is 27.7 Å². The first-order valence-electron chi connectivity index (χ1n) is 4.15. The van der Waals surface area contributed by atoms with Gasteiger partial charge in [-0.25, -0.2) is 4.98 Å². The summed E-state index contributed by atoms with van der Waals surface area (Å²) < 4.78 is 14.0. The summed E-state index contributed by atoms with van der Waals surface area (Å²) in [6, 6.07) is 1.84. The summed E-state index contributed by atoms with van der Waals surface area (Å²) >= 11 is 3.16. The summed E-state index contributed by atoms with van der Waals surface area (Å²) in [5, 5.41) is 0. The minimum Gasteiger partial charge on any atom is -0.212 e. The van der Waals surface area contributed by atoms with Gasteiger partial charge in [0, 0.05) is 5.56 Å². The van der Waals surface area contributed by atoms with Crippen molar-refractivity contribution in [1.29, 1.82) is 0 Å². The topological polar surface area (TPSA) is 12.9 Å². The fourth-order valence-corrected chi connectivity index (χ4v) is 2.00. The van der Waals surface area contributed by atoms with Gasteiger partial charge in [-0.15, -0.1) is 0 Å². The van der Waals surface area contributed by atoms with Crippen LogP contribution >= 0.6 is 15.9 Å². The summed E-state index contributed by atoms with van der Waals surface area (Å²) in [5.41, 5.74) is 1.43. The van der Waals surface area contributed by atoms with Gasteiger partial charge in [0.1, 0.15) is 4.60 Å². The molecule has 0 fully saturated rings. The summed E-state index contributed by atoms with van der Waals surface area (Å²) in [7, 11) is 0. The lowest BCUT2D eigenvalue weighted by Gasteiger charge is -2.21. The van der Waals surface area contributed by atoms with Crippen LogP contribution in [0.15, 0.2) is 10.7 Å². The van der Waals surface area contributed by atoms with Crippen LogP contribution in [0.4, 0.5) is 4.39 Å². The number of aromatic nitrogens is 1. The quantitative estimate of drug-likeness (QED) is 0.637. The number of rotatable bonds is 0. The highest BCUT2D eigenvalue weighted by Gasteiger charge is 2.22. The first-order valence-corrected chi connectivity index (χ1v) is 4.95. The molecule has 0 aliphatic rings. The molecule has 0 radical (unpaired) electrons. The van der Waals surface area contributed by atoms with Gasteiger partial charge in [0.25, 0.3) is 0 Å². The van der Waals surface area contributed by atoms with Crippen LogP contribution in [0.25, 0.3) is 0 Å². The third-order valence-electron chi connectivity index (χ3n) is 1.89. The van der Waals surface area contributed by atoms with E-state index in [1.807, 2.05) is 33.8 Å². The fourth-order valence-electron chi connectivity index (χ4n) is 1.50. The van der Waals surface area contributed by atoms with Crippen LogP contribution in [-0.2, 0) is 5.41 Å². The van der Waals surface area contributed by atoms with Gasteiger partial charge in [-0.3, -0.25) is 0 Å². The lowest BCUT2D eigenvalue weighted by atomic mass is 9.85. The van der Waals surface area contributed by atoms with E-state index in [9.17, 15) is 4.39 Å². The Hall–Kier alpha value is -0.440. The number of aryl methyl sites for hydroxylation is 1. The Kier molecular flexibility index (Phi) is 2.76. The average Bonchev–Trinajstić information content (AvgIpc) is 1.78. The van der Waals surface area contributed by atoms with Gasteiger partial charge in [0.05, 0.1) is 0 Å². The van der Waals surface area contributed by atoms with E-state index in [0.29, 0.717) is 10.2 Å². The molecule has 0 saturated heterocycles. The average molecular weight is 246 g/mol. The van der Waals surface area contributed by atoms with Crippen LogP contribution in [-0.4, -0.2) is 4.98 Å². The molecule has 0 unspecified atom stereocenters. The zero-order valence-corrected chi connectivity index (χ0v) is 9.87. The van der Waals surface area contributed by atoms with Crippen LogP contribution in [0.5, 0.6) is 0 Å². The fraction of sp³-hybridized carbons (Fsp3) is 0.500. The Labute approximate surface area is 86.5 Å². The van der Waals surface area contributed by atoms with Gasteiger partial charge in [-0.05, 0) is 39.9 Å². The van der Waals surface area contributed by atoms with E-state index in [0.717, 1.165) is 5.56 Å². The first kappa shape index (κ1) is 10.6. The Morgan fingerprint density at radius 3 is 2.31 bits per heavy atom. The molecule has 1 aromatic rings. The molecular formula is C10H13BrFN. The van der Waals surface area contributed by atoms with Gasteiger partial charge < -0.3 is 0 Å². The van der Waals surface area contributed by atoms with Crippen molar-refractivity contribution >= 4 is 15.9 Å². The number of nitrogens with zero attached hydrogens (tertiary/aromatic N) is 1. The zero-order chi connectivity index (χ0) is 10.2. The number of pyridine rings is 1. The Morgan fingerprint density at radius 1 is 1.38 bits per heavy atom. The minimum atomic E-state index is -0.376. The molecular weight excluding hydrogens is 233 g/mol. The molecule has 0 amide bonds. The molecule has 0 aromatic carbocycles. The molecule has 13 heavy (non-hydrogen) atoms. The summed E-state index contributed by atoms with van der Waals surface area (Å²) in [6.45, 7) is 7.84. The van der Waals surface area contributed by atoms with Crippen LogP contribution in [0.2, 0.25) is 0 Å². The lowest BCUT2D eigenvalue weighted by molar-refractivity contribution is 0.494. The van der Waals surface area contributed by atoms with Crippen LogP contribution in [0, 0.1) is 12.9 Å². The van der Waals surface area contributed by atoms with Gasteiger partial charge in [0.2, 0.25) is 5.95 Å². The van der Waals surface area contributed by atoms with E-state index < -0.39 is 0 Å². The molecule has 0 atom stereocenters. The molecule has 1 rings (SSSR count). The van der Waals surface area contributed by atoms with E-state index in [-0.39, 0.29) is 11.4 Å². The van der Waals surface area contributed by atoms with Crippen molar-refractivity contribution in [2.45, 2.75) is 33.1 Å². The van der Waals surface area contributed by atoms with Gasteiger partial charge >= 0.3 is 0 Å². The molecule has 0 saturated carbocycles. The second kappa shape index (κ2) is 3.37. The standard InChI is InChI=1S/C10H13BrFN/c1-6-5-7(11)13-9(12)8(6)10(2,3)4/h5H,1-4H3. The summed E-state index contributed by atoms with van der Waals surface area (Å²) in [4.78, 5) is 3.75. The number of halogens is 2. The van der Waals surface area contributed by atoms with Crippen molar-refractivity contribution in [2.75, 3.05) is 0 Å². The second-order valence-corrected chi connectivity index (χ2v) is 4.99. The third kappa shape index (κ3) is 2.27. The predicted molar refractivity (Wildman–Crippen MR) is 55.3 cm³/mol. The molecule has 72 valence electrons. The van der Waals surface area contributed by atoms with Crippen molar-refractivity contribution in [3.8, 4) is 0 Å². The van der Waals surface area contributed by atoms with Crippen LogP contribution in [0.3, 0.4) is 0 Å². The molecule has 1 heterocycles. The van der Waals surface area contributed by atoms with Gasteiger partial charge in [-0.1, -0.05) is 20.8 Å². The Morgan fingerprint density at radius 2 is 1.92 bits per heavy atom. The molecule has 3 heteroatoms. The highest BCUT2D eigenvalue weighted by atomic mass is 79.9. The second-order valence-electron chi connectivity index (χ2n) is 4.18. The van der Waals surface area contributed by atoms with E-state index in [2.05, 4.69) is 20.9 Å². The molecule has 0 N–H and O–H groups in total. The minimum absolute atomic E-state index is 0.193. The van der Waals surface area contributed by atoms with E-state index >= 15 is 0 Å². The number of hydrogen-bond donors (Lipinski definition) is 0. The molecule has 1 nitrogen and oxygen atoms in total. The summed E-state index contributed by atoms with van der Waals surface area (Å²) in [6.07, 6.45) is 0. The molecule has 0 bridgehead atoms. The van der Waals surface area contributed by atoms with Crippen molar-refractivity contribution in [3.63, 3.8) is 0 Å². The molecule has 0 aliphatic carbocycles. The van der Waals surface area contributed by atoms with Gasteiger partial charge in [-0.2, -0.15) is 4.39 Å². The van der Waals surface area contributed by atoms with E-state index in [4.69, 9.17) is 0 Å². The molecule has 0 spiro atoms. The first-order chi connectivity index (χ1) is 5.82. The van der Waals surface area contributed by atoms with Crippen LogP contribution in [0.1, 0.15) is 31.9 Å². The van der Waals surface area contributed by atoms with Crippen molar-refractivity contribution in [2.24, 2.45) is 0 Å². The van der Waals surface area contributed by atoms with Crippen molar-refractivity contribution < 1.29 is 4.39 Å². The lowest BCUT2D eigenvalue weighted by Crippen LogP contribution is -2.16. The number of hydrogen-bond acceptors (Lipinski definition) is 1. The van der Waals surface area contributed by atoms with Gasteiger partial charge in [0.15, 0.2) is 0 Å². The maximum atomic E-state index is 13.5. The van der Waals surface area contributed by atoms with E-state index in [1.54, 1.807) is 0 Å². The van der Waals surface area contributed by atoms with E-state index in [1.165, 1.54) is 0 Å². The largest absolute Gasteiger partial charge is 0.217 e. The maximum absolute atomic E-state index is 13.5. The molecule has 0 aliphatic heterocycles. The summed E-state index contributed by atoms with van der Waals surface area (Å²) in [5.74, 6) is -0.376. The SMILES string of the molecule is Cc1cc(Br)nc(F)c1C(C)(C)C. The smallest absolute Gasteiger partial charge is 0.212 e. The predicted octanol–water partition coefficient (Wildman–Crippen LogP) is 3.59. The Balaban J connectivity index is 3.38. The Bertz CT molecular complexity index is 305. The van der Waals surface area contributed by atoms with Crippen LogP contribution < -0.4 is 0 Å². The highest BCUT2D eigenvalue weighted by Crippen LogP contribution is 2.28. The van der Waals surface area contributed by atoms with Crippen molar-refractivity contribution in [1.82, 2.24) is 4.98 Å². The normalized spacial score (nSPS) is 11.8. The molecule has 1 aromatic heterocycles. The maximum Gasteiger partial charge on any atom is 0.217 e. The highest BCUT2D eigenvalue weighted by molar-refractivity contribution is 9.10.